The van der Waals surface area contributed by atoms with Crippen LogP contribution in [0.2, 0.25) is 0 Å². The predicted octanol–water partition coefficient (Wildman–Crippen LogP) is 3.06. The van der Waals surface area contributed by atoms with Crippen LogP contribution in [0.1, 0.15) is 40.2 Å². The summed E-state index contributed by atoms with van der Waals surface area (Å²) in [5.41, 5.74) is 1.45. The summed E-state index contributed by atoms with van der Waals surface area (Å²) >= 11 is 0. The summed E-state index contributed by atoms with van der Waals surface area (Å²) in [7, 11) is 2.09. The molecule has 0 radical (unpaired) electrons. The van der Waals surface area contributed by atoms with Crippen molar-refractivity contribution in [1.82, 2.24) is 10.3 Å². The van der Waals surface area contributed by atoms with E-state index >= 15 is 0 Å². The Kier molecular flexibility index (Phi) is 5.80. The Morgan fingerprint density at radius 2 is 1.95 bits per heavy atom. The molecule has 0 saturated heterocycles. The molecule has 1 aromatic heterocycles. The van der Waals surface area contributed by atoms with Crippen LogP contribution in [0.25, 0.3) is 0 Å². The van der Waals surface area contributed by atoms with Gasteiger partial charge in [0, 0.05) is 26.3 Å². The molecule has 1 heterocycles. The number of hydrogen-bond donors (Lipinski definition) is 1. The van der Waals surface area contributed by atoms with E-state index in [2.05, 4.69) is 69.0 Å². The Hall–Kier alpha value is -1.09. The molecule has 0 fully saturated rings. The van der Waals surface area contributed by atoms with E-state index in [0.29, 0.717) is 5.92 Å². The highest BCUT2D eigenvalue weighted by Gasteiger charge is 2.14. The lowest BCUT2D eigenvalue weighted by Gasteiger charge is -2.22. The average molecular weight is 263 g/mol. The van der Waals surface area contributed by atoms with E-state index in [0.717, 1.165) is 25.5 Å². The van der Waals surface area contributed by atoms with Crippen molar-refractivity contribution in [3.63, 3.8) is 0 Å². The second-order valence-corrected chi connectivity index (χ2v) is 6.67. The third-order valence-corrected chi connectivity index (χ3v) is 3.18. The SMILES string of the molecule is CC(C)CNCCN(C)c1ccc(C(C)(C)C)cn1. The molecule has 1 N–H and O–H groups in total. The molecule has 0 aliphatic heterocycles. The van der Waals surface area contributed by atoms with E-state index in [9.17, 15) is 0 Å². The zero-order valence-corrected chi connectivity index (χ0v) is 13.3. The first kappa shape index (κ1) is 16.0. The van der Waals surface area contributed by atoms with Gasteiger partial charge in [-0.05, 0) is 29.5 Å². The maximum atomic E-state index is 4.56. The van der Waals surface area contributed by atoms with E-state index in [4.69, 9.17) is 0 Å². The Labute approximate surface area is 118 Å². The zero-order chi connectivity index (χ0) is 14.5. The maximum absolute atomic E-state index is 4.56. The molecule has 108 valence electrons. The standard InChI is InChI=1S/C16H29N3/c1-13(2)11-17-9-10-19(6)15-8-7-14(12-18-15)16(3,4)5/h7-8,12-13,17H,9-11H2,1-6H3. The second kappa shape index (κ2) is 6.90. The van der Waals surface area contributed by atoms with E-state index in [1.165, 1.54) is 5.56 Å². The molecule has 0 aliphatic carbocycles. The lowest BCUT2D eigenvalue weighted by molar-refractivity contribution is 0.553. The summed E-state index contributed by atoms with van der Waals surface area (Å²) in [6, 6.07) is 4.30. The minimum absolute atomic E-state index is 0.170. The molecule has 0 aliphatic rings. The number of aromatic nitrogens is 1. The molecule has 0 bridgehead atoms. The number of nitrogens with zero attached hydrogens (tertiary/aromatic N) is 2. The summed E-state index contributed by atoms with van der Waals surface area (Å²) in [6.45, 7) is 14.1. The number of rotatable bonds is 6. The summed E-state index contributed by atoms with van der Waals surface area (Å²) in [4.78, 5) is 6.75. The fourth-order valence-corrected chi connectivity index (χ4v) is 1.81. The van der Waals surface area contributed by atoms with Gasteiger partial charge in [-0.1, -0.05) is 40.7 Å². The fraction of sp³-hybridized carbons (Fsp3) is 0.688. The van der Waals surface area contributed by atoms with Crippen LogP contribution >= 0.6 is 0 Å². The Morgan fingerprint density at radius 1 is 1.26 bits per heavy atom. The van der Waals surface area contributed by atoms with Crippen molar-refractivity contribution in [2.75, 3.05) is 31.6 Å². The molecule has 1 aromatic rings. The lowest BCUT2D eigenvalue weighted by atomic mass is 9.88. The van der Waals surface area contributed by atoms with Crippen LogP contribution in [0.15, 0.2) is 18.3 Å². The van der Waals surface area contributed by atoms with Gasteiger partial charge >= 0.3 is 0 Å². The quantitative estimate of drug-likeness (QED) is 0.800. The smallest absolute Gasteiger partial charge is 0.128 e. The minimum Gasteiger partial charge on any atom is -0.358 e. The normalized spacial score (nSPS) is 11.9. The lowest BCUT2D eigenvalue weighted by Crippen LogP contribution is -2.31. The first-order chi connectivity index (χ1) is 8.80. The van der Waals surface area contributed by atoms with Gasteiger partial charge in [0.25, 0.3) is 0 Å². The summed E-state index contributed by atoms with van der Waals surface area (Å²) < 4.78 is 0. The van der Waals surface area contributed by atoms with Gasteiger partial charge in [-0.3, -0.25) is 0 Å². The van der Waals surface area contributed by atoms with Crippen molar-refractivity contribution < 1.29 is 0 Å². The van der Waals surface area contributed by atoms with Gasteiger partial charge in [0.15, 0.2) is 0 Å². The molecular formula is C16H29N3. The Morgan fingerprint density at radius 3 is 2.42 bits per heavy atom. The molecule has 1 rings (SSSR count). The first-order valence-electron chi connectivity index (χ1n) is 7.19. The van der Waals surface area contributed by atoms with Crippen LogP contribution < -0.4 is 10.2 Å². The van der Waals surface area contributed by atoms with Gasteiger partial charge < -0.3 is 10.2 Å². The third-order valence-electron chi connectivity index (χ3n) is 3.18. The van der Waals surface area contributed by atoms with Crippen LogP contribution in [-0.4, -0.2) is 31.7 Å². The van der Waals surface area contributed by atoms with Gasteiger partial charge in [-0.25, -0.2) is 4.98 Å². The molecule has 19 heavy (non-hydrogen) atoms. The van der Waals surface area contributed by atoms with Crippen molar-refractivity contribution in [3.8, 4) is 0 Å². The van der Waals surface area contributed by atoms with Crippen LogP contribution in [0, 0.1) is 5.92 Å². The summed E-state index contributed by atoms with van der Waals surface area (Å²) in [5.74, 6) is 1.74. The molecule has 3 nitrogen and oxygen atoms in total. The largest absolute Gasteiger partial charge is 0.358 e. The average Bonchev–Trinajstić information content (AvgIpc) is 2.33. The molecule has 3 heteroatoms. The van der Waals surface area contributed by atoms with E-state index in [-0.39, 0.29) is 5.41 Å². The Balaban J connectivity index is 2.47. The van der Waals surface area contributed by atoms with Gasteiger partial charge in [0.2, 0.25) is 0 Å². The molecule has 0 unspecified atom stereocenters. The maximum Gasteiger partial charge on any atom is 0.128 e. The van der Waals surface area contributed by atoms with Crippen LogP contribution in [0.3, 0.4) is 0 Å². The topological polar surface area (TPSA) is 28.2 Å². The van der Waals surface area contributed by atoms with Crippen LogP contribution in [0.5, 0.6) is 0 Å². The number of anilines is 1. The zero-order valence-electron chi connectivity index (χ0n) is 13.3. The highest BCUT2D eigenvalue weighted by Crippen LogP contribution is 2.22. The fourth-order valence-electron chi connectivity index (χ4n) is 1.81. The highest BCUT2D eigenvalue weighted by atomic mass is 15.2. The number of pyridine rings is 1. The van der Waals surface area contributed by atoms with Crippen molar-refractivity contribution >= 4 is 5.82 Å². The summed E-state index contributed by atoms with van der Waals surface area (Å²) in [5, 5.41) is 3.45. The first-order valence-corrected chi connectivity index (χ1v) is 7.19. The number of hydrogen-bond acceptors (Lipinski definition) is 3. The summed E-state index contributed by atoms with van der Waals surface area (Å²) in [6.07, 6.45) is 1.99. The van der Waals surface area contributed by atoms with Crippen LogP contribution in [-0.2, 0) is 5.41 Å². The molecule has 0 amide bonds. The molecule has 0 saturated carbocycles. The molecule has 0 atom stereocenters. The molecule has 0 spiro atoms. The monoisotopic (exact) mass is 263 g/mol. The van der Waals surface area contributed by atoms with Crippen molar-refractivity contribution in [2.45, 2.75) is 40.0 Å². The van der Waals surface area contributed by atoms with Crippen molar-refractivity contribution in [3.05, 3.63) is 23.9 Å². The van der Waals surface area contributed by atoms with Crippen molar-refractivity contribution in [2.24, 2.45) is 5.92 Å². The van der Waals surface area contributed by atoms with Gasteiger partial charge in [0.05, 0.1) is 0 Å². The van der Waals surface area contributed by atoms with Crippen molar-refractivity contribution in [1.29, 1.82) is 0 Å². The molecule has 0 aromatic carbocycles. The Bertz CT molecular complexity index is 363. The second-order valence-electron chi connectivity index (χ2n) is 6.67. The van der Waals surface area contributed by atoms with Crippen LogP contribution in [0.4, 0.5) is 5.82 Å². The van der Waals surface area contributed by atoms with E-state index in [1.807, 2.05) is 6.20 Å². The number of likely N-dealkylation sites (N-methyl/N-ethyl adjacent to an activating group) is 1. The molecular weight excluding hydrogens is 234 g/mol. The van der Waals surface area contributed by atoms with E-state index < -0.39 is 0 Å². The highest BCUT2D eigenvalue weighted by molar-refractivity contribution is 5.39. The van der Waals surface area contributed by atoms with E-state index in [1.54, 1.807) is 0 Å². The third kappa shape index (κ3) is 5.60. The van der Waals surface area contributed by atoms with Gasteiger partial charge in [0.1, 0.15) is 5.82 Å². The minimum atomic E-state index is 0.170. The van der Waals surface area contributed by atoms with Gasteiger partial charge in [-0.2, -0.15) is 0 Å². The number of nitrogens with one attached hydrogen (secondary N) is 1. The predicted molar refractivity (Wildman–Crippen MR) is 83.9 cm³/mol. The van der Waals surface area contributed by atoms with Gasteiger partial charge in [-0.15, -0.1) is 0 Å².